The van der Waals surface area contributed by atoms with Crippen molar-refractivity contribution in [1.82, 2.24) is 20.4 Å². The summed E-state index contributed by atoms with van der Waals surface area (Å²) in [7, 11) is 5.91. The number of benzene rings is 2. The molecule has 0 bridgehead atoms. The number of hydrogen-bond acceptors (Lipinski definition) is 4. The van der Waals surface area contributed by atoms with Crippen molar-refractivity contribution in [2.24, 2.45) is 4.99 Å². The summed E-state index contributed by atoms with van der Waals surface area (Å²) in [6.45, 7) is 7.63. The highest BCUT2D eigenvalue weighted by Crippen LogP contribution is 2.26. The molecule has 0 radical (unpaired) electrons. The van der Waals surface area contributed by atoms with Gasteiger partial charge in [0.1, 0.15) is 5.75 Å². The van der Waals surface area contributed by atoms with Crippen molar-refractivity contribution < 1.29 is 4.74 Å². The van der Waals surface area contributed by atoms with E-state index in [2.05, 4.69) is 90.0 Å². The summed E-state index contributed by atoms with van der Waals surface area (Å²) in [6, 6.07) is 17.4. The van der Waals surface area contributed by atoms with Crippen molar-refractivity contribution in [2.45, 2.75) is 38.9 Å². The van der Waals surface area contributed by atoms with Crippen molar-refractivity contribution in [2.75, 3.05) is 47.4 Å². The maximum absolute atomic E-state index is 5.35. The fourth-order valence-electron chi connectivity index (χ4n) is 4.24. The SMILES string of the molecule is CCNC(=NCc1ccccc1CN(C)C)NCC(c1ccc(OC)cc1)N1CCCC1. The number of ether oxygens (including phenoxy) is 1. The molecular formula is C26H39N5O. The molecule has 0 aromatic heterocycles. The first-order chi connectivity index (χ1) is 15.6. The zero-order valence-electron chi connectivity index (χ0n) is 20.1. The lowest BCUT2D eigenvalue weighted by Crippen LogP contribution is -2.42. The number of methoxy groups -OCH3 is 1. The zero-order chi connectivity index (χ0) is 22.8. The van der Waals surface area contributed by atoms with Crippen molar-refractivity contribution in [1.29, 1.82) is 0 Å². The van der Waals surface area contributed by atoms with Crippen LogP contribution in [0.5, 0.6) is 5.75 Å². The van der Waals surface area contributed by atoms with Gasteiger partial charge < -0.3 is 20.3 Å². The summed E-state index contributed by atoms with van der Waals surface area (Å²) >= 11 is 0. The molecule has 1 atom stereocenters. The largest absolute Gasteiger partial charge is 0.497 e. The van der Waals surface area contributed by atoms with E-state index < -0.39 is 0 Å². The van der Waals surface area contributed by atoms with E-state index >= 15 is 0 Å². The Morgan fingerprint density at radius 1 is 1.03 bits per heavy atom. The van der Waals surface area contributed by atoms with Crippen LogP contribution >= 0.6 is 0 Å². The van der Waals surface area contributed by atoms with Gasteiger partial charge in [-0.1, -0.05) is 36.4 Å². The second-order valence-corrected chi connectivity index (χ2v) is 8.61. The lowest BCUT2D eigenvalue weighted by atomic mass is 10.1. The number of nitrogens with zero attached hydrogens (tertiary/aromatic N) is 3. The molecule has 2 aromatic carbocycles. The Morgan fingerprint density at radius 3 is 2.34 bits per heavy atom. The number of nitrogens with one attached hydrogen (secondary N) is 2. The Hall–Kier alpha value is -2.57. The van der Waals surface area contributed by atoms with E-state index in [4.69, 9.17) is 9.73 Å². The normalized spacial score (nSPS) is 15.7. The highest BCUT2D eigenvalue weighted by Gasteiger charge is 2.23. The van der Waals surface area contributed by atoms with Crippen LogP contribution in [0.4, 0.5) is 0 Å². The molecule has 1 heterocycles. The summed E-state index contributed by atoms with van der Waals surface area (Å²) in [6.07, 6.45) is 2.53. The van der Waals surface area contributed by atoms with Gasteiger partial charge in [0.2, 0.25) is 0 Å². The second-order valence-electron chi connectivity index (χ2n) is 8.61. The van der Waals surface area contributed by atoms with Gasteiger partial charge in [0, 0.05) is 19.6 Å². The molecule has 174 valence electrons. The van der Waals surface area contributed by atoms with Crippen LogP contribution in [-0.2, 0) is 13.1 Å². The molecule has 0 amide bonds. The molecule has 1 fully saturated rings. The third-order valence-electron chi connectivity index (χ3n) is 5.90. The van der Waals surface area contributed by atoms with Crippen LogP contribution < -0.4 is 15.4 Å². The summed E-state index contributed by atoms with van der Waals surface area (Å²) in [5.74, 6) is 1.76. The molecule has 6 nitrogen and oxygen atoms in total. The molecule has 6 heteroatoms. The molecule has 0 saturated carbocycles. The Labute approximate surface area is 193 Å². The third-order valence-corrected chi connectivity index (χ3v) is 5.90. The van der Waals surface area contributed by atoms with Crippen LogP contribution in [0.25, 0.3) is 0 Å². The predicted molar refractivity (Wildman–Crippen MR) is 133 cm³/mol. The van der Waals surface area contributed by atoms with Crippen molar-refractivity contribution in [3.05, 3.63) is 65.2 Å². The van der Waals surface area contributed by atoms with E-state index in [0.717, 1.165) is 44.4 Å². The topological polar surface area (TPSA) is 52.1 Å². The van der Waals surface area contributed by atoms with Gasteiger partial charge >= 0.3 is 0 Å². The van der Waals surface area contributed by atoms with Gasteiger partial charge in [0.05, 0.1) is 19.7 Å². The first-order valence-electron chi connectivity index (χ1n) is 11.7. The van der Waals surface area contributed by atoms with Crippen molar-refractivity contribution in [3.63, 3.8) is 0 Å². The number of hydrogen-bond donors (Lipinski definition) is 2. The number of rotatable bonds is 10. The minimum Gasteiger partial charge on any atom is -0.497 e. The van der Waals surface area contributed by atoms with Gasteiger partial charge in [0.15, 0.2) is 5.96 Å². The van der Waals surface area contributed by atoms with Crippen LogP contribution in [0, 0.1) is 0 Å². The second kappa shape index (κ2) is 12.5. The summed E-state index contributed by atoms with van der Waals surface area (Å²) in [5, 5.41) is 7.03. The maximum Gasteiger partial charge on any atom is 0.191 e. The molecular weight excluding hydrogens is 398 g/mol. The van der Waals surface area contributed by atoms with Crippen LogP contribution in [0.3, 0.4) is 0 Å². The lowest BCUT2D eigenvalue weighted by molar-refractivity contribution is 0.245. The van der Waals surface area contributed by atoms with Crippen LogP contribution in [0.15, 0.2) is 53.5 Å². The average molecular weight is 438 g/mol. The van der Waals surface area contributed by atoms with Gasteiger partial charge in [-0.25, -0.2) is 4.99 Å². The van der Waals surface area contributed by atoms with E-state index in [0.29, 0.717) is 12.6 Å². The summed E-state index contributed by atoms with van der Waals surface area (Å²) < 4.78 is 5.35. The molecule has 32 heavy (non-hydrogen) atoms. The Balaban J connectivity index is 1.71. The van der Waals surface area contributed by atoms with E-state index in [1.165, 1.54) is 29.5 Å². The number of guanidine groups is 1. The molecule has 0 aliphatic carbocycles. The van der Waals surface area contributed by atoms with E-state index in [1.54, 1.807) is 7.11 Å². The van der Waals surface area contributed by atoms with Gasteiger partial charge in [-0.3, -0.25) is 4.90 Å². The molecule has 0 spiro atoms. The highest BCUT2D eigenvalue weighted by atomic mass is 16.5. The molecule has 1 unspecified atom stereocenters. The third kappa shape index (κ3) is 6.97. The molecule has 1 aliphatic rings. The molecule has 1 aliphatic heterocycles. The van der Waals surface area contributed by atoms with Crippen molar-refractivity contribution in [3.8, 4) is 5.75 Å². The van der Waals surface area contributed by atoms with Gasteiger partial charge in [-0.15, -0.1) is 0 Å². The highest BCUT2D eigenvalue weighted by molar-refractivity contribution is 5.79. The van der Waals surface area contributed by atoms with E-state index in [1.807, 2.05) is 0 Å². The zero-order valence-corrected chi connectivity index (χ0v) is 20.1. The van der Waals surface area contributed by atoms with E-state index in [-0.39, 0.29) is 0 Å². The molecule has 1 saturated heterocycles. The van der Waals surface area contributed by atoms with Crippen LogP contribution in [0.1, 0.15) is 42.5 Å². The Kier molecular flexibility index (Phi) is 9.38. The van der Waals surface area contributed by atoms with Gasteiger partial charge in [-0.2, -0.15) is 0 Å². The number of aliphatic imine (C=N–C) groups is 1. The van der Waals surface area contributed by atoms with E-state index in [9.17, 15) is 0 Å². The standard InChI is InChI=1S/C26H39N5O/c1-5-27-26(28-18-22-10-6-7-11-23(22)20-30(2)3)29-19-25(31-16-8-9-17-31)21-12-14-24(32-4)15-13-21/h6-7,10-15,25H,5,8-9,16-20H2,1-4H3,(H2,27,28,29). The molecule has 3 rings (SSSR count). The minimum absolute atomic E-state index is 0.313. The van der Waals surface area contributed by atoms with Crippen LogP contribution in [0.2, 0.25) is 0 Å². The molecule has 2 N–H and O–H groups in total. The van der Waals surface area contributed by atoms with Crippen molar-refractivity contribution >= 4 is 5.96 Å². The summed E-state index contributed by atoms with van der Waals surface area (Å²) in [5.41, 5.74) is 3.90. The summed E-state index contributed by atoms with van der Waals surface area (Å²) in [4.78, 5) is 9.68. The number of likely N-dealkylation sites (tertiary alicyclic amines) is 1. The molecule has 2 aromatic rings. The first-order valence-corrected chi connectivity index (χ1v) is 11.7. The fourth-order valence-corrected chi connectivity index (χ4v) is 4.24. The Bertz CT molecular complexity index is 844. The van der Waals surface area contributed by atoms with Crippen LogP contribution in [-0.4, -0.2) is 63.1 Å². The van der Waals surface area contributed by atoms with Gasteiger partial charge in [-0.05, 0) is 75.8 Å². The van der Waals surface area contributed by atoms with Gasteiger partial charge in [0.25, 0.3) is 0 Å². The maximum atomic E-state index is 5.35. The minimum atomic E-state index is 0.313. The Morgan fingerprint density at radius 2 is 1.72 bits per heavy atom. The average Bonchev–Trinajstić information content (AvgIpc) is 3.33. The quantitative estimate of drug-likeness (QED) is 0.439. The lowest BCUT2D eigenvalue weighted by Gasteiger charge is -2.29. The monoisotopic (exact) mass is 437 g/mol. The smallest absolute Gasteiger partial charge is 0.191 e. The first kappa shape index (κ1) is 24.1. The predicted octanol–water partition coefficient (Wildman–Crippen LogP) is 3.65. The fraction of sp³-hybridized carbons (Fsp3) is 0.500.